The van der Waals surface area contributed by atoms with E-state index in [-0.39, 0.29) is 0 Å². The van der Waals surface area contributed by atoms with E-state index in [0.29, 0.717) is 5.56 Å². The Morgan fingerprint density at radius 1 is 1.38 bits per heavy atom. The molecule has 0 bridgehead atoms. The van der Waals surface area contributed by atoms with Gasteiger partial charge in [-0.25, -0.2) is 4.79 Å². The number of hydrogen-bond acceptors (Lipinski definition) is 3. The molecule has 0 atom stereocenters. The molecule has 0 saturated carbocycles. The Morgan fingerprint density at radius 3 is 2.67 bits per heavy atom. The van der Waals surface area contributed by atoms with Gasteiger partial charge in [-0.3, -0.25) is 0 Å². The maximum Gasteiger partial charge on any atom is 0.337 e. The minimum Gasteiger partial charge on any atom is -0.478 e. The molecule has 1 heterocycles. The highest BCUT2D eigenvalue weighted by atomic mass is 16.4. The Labute approximate surface area is 125 Å². The molecule has 0 spiro atoms. The van der Waals surface area contributed by atoms with Crippen LogP contribution in [0.25, 0.3) is 10.9 Å². The summed E-state index contributed by atoms with van der Waals surface area (Å²) in [5.74, 6) is -0.881. The zero-order chi connectivity index (χ0) is 15.6. The maximum absolute atomic E-state index is 11.4. The lowest BCUT2D eigenvalue weighted by atomic mass is 10.1. The Balaban J connectivity index is 2.45. The zero-order valence-corrected chi connectivity index (χ0v) is 13.1. The molecule has 0 unspecified atom stereocenters. The van der Waals surface area contributed by atoms with E-state index in [1.807, 2.05) is 31.8 Å². The van der Waals surface area contributed by atoms with E-state index >= 15 is 0 Å². The van der Waals surface area contributed by atoms with Crippen LogP contribution >= 0.6 is 0 Å². The SMILES string of the molecule is CCc1cc(NCCN(C)C)cc2c(C(=O)O)cn(C)c12. The quantitative estimate of drug-likeness (QED) is 0.857. The highest BCUT2D eigenvalue weighted by molar-refractivity contribution is 6.05. The molecule has 2 aromatic rings. The van der Waals surface area contributed by atoms with E-state index in [2.05, 4.69) is 23.2 Å². The fourth-order valence-corrected chi connectivity index (χ4v) is 2.61. The average molecular weight is 289 g/mol. The van der Waals surface area contributed by atoms with Crippen LogP contribution in [-0.4, -0.2) is 47.7 Å². The Kier molecular flexibility index (Phi) is 4.53. The lowest BCUT2D eigenvalue weighted by molar-refractivity contribution is 0.0699. The second-order valence-corrected chi connectivity index (χ2v) is 5.57. The van der Waals surface area contributed by atoms with Crippen molar-refractivity contribution in [3.05, 3.63) is 29.5 Å². The van der Waals surface area contributed by atoms with Crippen LogP contribution in [-0.2, 0) is 13.5 Å². The smallest absolute Gasteiger partial charge is 0.337 e. The van der Waals surface area contributed by atoms with Gasteiger partial charge < -0.3 is 19.9 Å². The summed E-state index contributed by atoms with van der Waals surface area (Å²) in [6.45, 7) is 3.85. The number of anilines is 1. The van der Waals surface area contributed by atoms with Gasteiger partial charge in [0.15, 0.2) is 0 Å². The van der Waals surface area contributed by atoms with Crippen molar-refractivity contribution < 1.29 is 9.90 Å². The van der Waals surface area contributed by atoms with Gasteiger partial charge in [0, 0.05) is 37.4 Å². The van der Waals surface area contributed by atoms with E-state index in [9.17, 15) is 9.90 Å². The van der Waals surface area contributed by atoms with E-state index in [1.165, 1.54) is 0 Å². The van der Waals surface area contributed by atoms with Gasteiger partial charge in [0.2, 0.25) is 0 Å². The van der Waals surface area contributed by atoms with Gasteiger partial charge in [0.05, 0.1) is 11.1 Å². The highest BCUT2D eigenvalue weighted by Crippen LogP contribution is 2.28. The van der Waals surface area contributed by atoms with E-state index in [4.69, 9.17) is 0 Å². The van der Waals surface area contributed by atoms with Crippen LogP contribution in [0.15, 0.2) is 18.3 Å². The Hall–Kier alpha value is -2.01. The molecule has 0 aliphatic heterocycles. The fraction of sp³-hybridized carbons (Fsp3) is 0.438. The van der Waals surface area contributed by atoms with Gasteiger partial charge in [0.1, 0.15) is 0 Å². The molecule has 1 aromatic carbocycles. The van der Waals surface area contributed by atoms with Gasteiger partial charge in [-0.2, -0.15) is 0 Å². The number of aryl methyl sites for hydroxylation is 2. The summed E-state index contributed by atoms with van der Waals surface area (Å²) in [6.07, 6.45) is 2.56. The predicted molar refractivity (Wildman–Crippen MR) is 86.3 cm³/mol. The van der Waals surface area contributed by atoms with Crippen molar-refractivity contribution in [3.63, 3.8) is 0 Å². The second-order valence-electron chi connectivity index (χ2n) is 5.57. The predicted octanol–water partition coefficient (Wildman–Crippen LogP) is 2.41. The number of aromatic nitrogens is 1. The molecule has 114 valence electrons. The summed E-state index contributed by atoms with van der Waals surface area (Å²) in [7, 11) is 5.96. The van der Waals surface area contributed by atoms with Gasteiger partial charge in [-0.05, 0) is 38.2 Å². The number of carboxylic acid groups (broad SMARTS) is 1. The molecule has 5 nitrogen and oxygen atoms in total. The summed E-state index contributed by atoms with van der Waals surface area (Å²) < 4.78 is 1.90. The second kappa shape index (κ2) is 6.18. The summed E-state index contributed by atoms with van der Waals surface area (Å²) in [4.78, 5) is 13.5. The molecule has 0 aliphatic rings. The largest absolute Gasteiger partial charge is 0.478 e. The zero-order valence-electron chi connectivity index (χ0n) is 13.1. The first kappa shape index (κ1) is 15.4. The number of aromatic carboxylic acids is 1. The molecule has 2 rings (SSSR count). The number of nitrogens with one attached hydrogen (secondary N) is 1. The van der Waals surface area contributed by atoms with Crippen LogP contribution in [0.2, 0.25) is 0 Å². The molecule has 5 heteroatoms. The molecule has 2 N–H and O–H groups in total. The molecule has 21 heavy (non-hydrogen) atoms. The Morgan fingerprint density at radius 2 is 2.10 bits per heavy atom. The highest BCUT2D eigenvalue weighted by Gasteiger charge is 2.16. The summed E-state index contributed by atoms with van der Waals surface area (Å²) in [5.41, 5.74) is 3.51. The first-order chi connectivity index (χ1) is 9.93. The summed E-state index contributed by atoms with van der Waals surface area (Å²) >= 11 is 0. The molecule has 1 aromatic heterocycles. The monoisotopic (exact) mass is 289 g/mol. The number of benzene rings is 1. The number of rotatable bonds is 6. The Bertz CT molecular complexity index is 659. The molecule has 0 amide bonds. The molecule has 0 radical (unpaired) electrons. The topological polar surface area (TPSA) is 57.5 Å². The minimum absolute atomic E-state index is 0.360. The van der Waals surface area contributed by atoms with Crippen molar-refractivity contribution in [2.24, 2.45) is 7.05 Å². The van der Waals surface area contributed by atoms with Crippen molar-refractivity contribution in [2.75, 3.05) is 32.5 Å². The molecule has 0 fully saturated rings. The number of likely N-dealkylation sites (N-methyl/N-ethyl adjacent to an activating group) is 1. The van der Waals surface area contributed by atoms with Crippen LogP contribution in [0.1, 0.15) is 22.8 Å². The first-order valence-corrected chi connectivity index (χ1v) is 7.17. The number of nitrogens with zero attached hydrogens (tertiary/aromatic N) is 2. The minimum atomic E-state index is -0.881. The van der Waals surface area contributed by atoms with Gasteiger partial charge in [0.25, 0.3) is 0 Å². The lowest BCUT2D eigenvalue weighted by Gasteiger charge is -2.13. The van der Waals surface area contributed by atoms with Crippen molar-refractivity contribution >= 4 is 22.6 Å². The lowest BCUT2D eigenvalue weighted by Crippen LogP contribution is -2.20. The molecule has 0 aliphatic carbocycles. The normalized spacial score (nSPS) is 11.3. The van der Waals surface area contributed by atoms with E-state index in [1.54, 1.807) is 6.20 Å². The summed E-state index contributed by atoms with van der Waals surface area (Å²) in [5, 5.41) is 13.5. The third kappa shape index (κ3) is 3.19. The average Bonchev–Trinajstić information content (AvgIpc) is 2.75. The third-order valence-corrected chi connectivity index (χ3v) is 3.65. The van der Waals surface area contributed by atoms with Crippen molar-refractivity contribution in [3.8, 4) is 0 Å². The van der Waals surface area contributed by atoms with Crippen molar-refractivity contribution in [1.29, 1.82) is 0 Å². The van der Waals surface area contributed by atoms with E-state index in [0.717, 1.165) is 41.7 Å². The van der Waals surface area contributed by atoms with Crippen molar-refractivity contribution in [2.45, 2.75) is 13.3 Å². The number of fused-ring (bicyclic) bond motifs is 1. The third-order valence-electron chi connectivity index (χ3n) is 3.65. The molecular formula is C16H23N3O2. The molecule has 0 saturated heterocycles. The van der Waals surface area contributed by atoms with Crippen LogP contribution in [0.5, 0.6) is 0 Å². The fourth-order valence-electron chi connectivity index (χ4n) is 2.61. The van der Waals surface area contributed by atoms with Crippen LogP contribution in [0, 0.1) is 0 Å². The van der Waals surface area contributed by atoms with Gasteiger partial charge >= 0.3 is 5.97 Å². The first-order valence-electron chi connectivity index (χ1n) is 7.17. The number of carbonyl (C=O) groups is 1. The number of carboxylic acids is 1. The van der Waals surface area contributed by atoms with Crippen LogP contribution in [0.4, 0.5) is 5.69 Å². The van der Waals surface area contributed by atoms with Crippen LogP contribution in [0.3, 0.4) is 0 Å². The standard InChI is InChI=1S/C16H23N3O2/c1-5-11-8-12(17-6-7-18(2)3)9-13-14(16(20)21)10-19(4)15(11)13/h8-10,17H,5-7H2,1-4H3,(H,20,21). The van der Waals surface area contributed by atoms with Crippen molar-refractivity contribution in [1.82, 2.24) is 9.47 Å². The molecular weight excluding hydrogens is 266 g/mol. The van der Waals surface area contributed by atoms with E-state index < -0.39 is 5.97 Å². The van der Waals surface area contributed by atoms with Crippen LogP contribution < -0.4 is 5.32 Å². The summed E-state index contributed by atoms with van der Waals surface area (Å²) in [6, 6.07) is 4.05. The van der Waals surface area contributed by atoms with Gasteiger partial charge in [-0.15, -0.1) is 0 Å². The van der Waals surface area contributed by atoms with Gasteiger partial charge in [-0.1, -0.05) is 6.92 Å². The number of hydrogen-bond donors (Lipinski definition) is 2. The maximum atomic E-state index is 11.4.